The molecule has 0 radical (unpaired) electrons. The van der Waals surface area contributed by atoms with E-state index in [1.165, 1.54) is 0 Å². The summed E-state index contributed by atoms with van der Waals surface area (Å²) in [6.45, 7) is 3.20. The number of piperazine rings is 1. The third-order valence-electron chi connectivity index (χ3n) is 3.99. The van der Waals surface area contributed by atoms with Crippen molar-refractivity contribution in [1.29, 1.82) is 0 Å². The highest BCUT2D eigenvalue weighted by Crippen LogP contribution is 2.18. The number of fused-ring (bicyclic) bond motifs is 2. The highest BCUT2D eigenvalue weighted by molar-refractivity contribution is 5.98. The van der Waals surface area contributed by atoms with Crippen LogP contribution in [0.4, 0.5) is 0 Å². The zero-order chi connectivity index (χ0) is 14.9. The van der Waals surface area contributed by atoms with Gasteiger partial charge in [0.1, 0.15) is 0 Å². The fourth-order valence-corrected chi connectivity index (χ4v) is 2.80. The van der Waals surface area contributed by atoms with Crippen LogP contribution >= 0.6 is 0 Å². The van der Waals surface area contributed by atoms with Crippen LogP contribution in [0, 0.1) is 0 Å². The number of hydrogen-bond donors (Lipinski definition) is 1. The van der Waals surface area contributed by atoms with Crippen molar-refractivity contribution in [2.45, 2.75) is 0 Å². The third kappa shape index (κ3) is 2.29. The van der Waals surface area contributed by atoms with Gasteiger partial charge in [0, 0.05) is 31.7 Å². The fourth-order valence-electron chi connectivity index (χ4n) is 2.80. The topological polar surface area (TPSA) is 58.1 Å². The highest BCUT2D eigenvalue weighted by atomic mass is 16.2. The first-order valence-electron chi connectivity index (χ1n) is 7.48. The summed E-state index contributed by atoms with van der Waals surface area (Å²) in [7, 11) is 0. The van der Waals surface area contributed by atoms with Crippen LogP contribution in [0.15, 0.2) is 42.5 Å². The summed E-state index contributed by atoms with van der Waals surface area (Å²) in [6, 6.07) is 13.3. The number of aromatic nitrogens is 2. The summed E-state index contributed by atoms with van der Waals surface area (Å²) in [6.07, 6.45) is 0. The highest BCUT2D eigenvalue weighted by Gasteiger charge is 2.18. The van der Waals surface area contributed by atoms with Crippen LogP contribution in [-0.4, -0.2) is 47.0 Å². The van der Waals surface area contributed by atoms with Crippen molar-refractivity contribution in [2.75, 3.05) is 26.2 Å². The van der Waals surface area contributed by atoms with Gasteiger partial charge in [-0.05, 0) is 30.3 Å². The Kier molecular flexibility index (Phi) is 3.20. The average molecular weight is 292 g/mol. The second-order valence-corrected chi connectivity index (χ2v) is 5.46. The van der Waals surface area contributed by atoms with E-state index in [1.54, 1.807) is 0 Å². The van der Waals surface area contributed by atoms with Gasteiger partial charge in [0.25, 0.3) is 5.91 Å². The molecule has 0 bridgehead atoms. The molecule has 0 saturated carbocycles. The van der Waals surface area contributed by atoms with E-state index in [2.05, 4.69) is 15.3 Å². The smallest absolute Gasteiger partial charge is 0.254 e. The maximum absolute atomic E-state index is 12.6. The largest absolute Gasteiger partial charge is 0.336 e. The van der Waals surface area contributed by atoms with Crippen LogP contribution < -0.4 is 5.32 Å². The normalized spacial score (nSPS) is 15.4. The molecule has 1 aliphatic rings. The molecular weight excluding hydrogens is 276 g/mol. The van der Waals surface area contributed by atoms with Crippen LogP contribution in [-0.2, 0) is 0 Å². The number of hydrogen-bond acceptors (Lipinski definition) is 4. The molecule has 2 heterocycles. The summed E-state index contributed by atoms with van der Waals surface area (Å²) in [5.74, 6) is 0.0679. The molecule has 0 unspecified atom stereocenters. The van der Waals surface area contributed by atoms with E-state index in [4.69, 9.17) is 0 Å². The van der Waals surface area contributed by atoms with Gasteiger partial charge in [0.15, 0.2) is 0 Å². The van der Waals surface area contributed by atoms with Crippen molar-refractivity contribution in [2.24, 2.45) is 0 Å². The lowest BCUT2D eigenvalue weighted by atomic mass is 10.1. The molecule has 0 atom stereocenters. The van der Waals surface area contributed by atoms with E-state index in [1.807, 2.05) is 47.4 Å². The van der Waals surface area contributed by atoms with E-state index >= 15 is 0 Å². The summed E-state index contributed by atoms with van der Waals surface area (Å²) >= 11 is 0. The molecule has 0 aliphatic carbocycles. The van der Waals surface area contributed by atoms with Crippen LogP contribution in [0.25, 0.3) is 22.1 Å². The second kappa shape index (κ2) is 5.35. The molecule has 5 nitrogen and oxygen atoms in total. The molecule has 3 aromatic rings. The standard InChI is InChI=1S/C17H16N4O/c22-17(21-9-7-18-8-10-21)12-5-6-15-16(11-12)20-14-4-2-1-3-13(14)19-15/h1-6,11,18H,7-10H2. The number of nitrogens with zero attached hydrogens (tertiary/aromatic N) is 3. The van der Waals surface area contributed by atoms with Gasteiger partial charge in [-0.1, -0.05) is 12.1 Å². The Labute approximate surface area is 128 Å². The zero-order valence-corrected chi connectivity index (χ0v) is 12.1. The van der Waals surface area contributed by atoms with Crippen LogP contribution in [0.1, 0.15) is 10.4 Å². The number of benzene rings is 2. The summed E-state index contributed by atoms with van der Waals surface area (Å²) in [5, 5.41) is 3.25. The van der Waals surface area contributed by atoms with Crippen molar-refractivity contribution in [3.05, 3.63) is 48.0 Å². The molecule has 1 aliphatic heterocycles. The van der Waals surface area contributed by atoms with Crippen molar-refractivity contribution >= 4 is 28.0 Å². The Balaban J connectivity index is 1.76. The van der Waals surface area contributed by atoms with Crippen molar-refractivity contribution in [1.82, 2.24) is 20.2 Å². The maximum Gasteiger partial charge on any atom is 0.254 e. The number of nitrogens with one attached hydrogen (secondary N) is 1. The molecule has 22 heavy (non-hydrogen) atoms. The minimum absolute atomic E-state index is 0.0679. The molecule has 1 amide bonds. The van der Waals surface area contributed by atoms with Gasteiger partial charge in [-0.3, -0.25) is 4.79 Å². The van der Waals surface area contributed by atoms with Gasteiger partial charge in [-0.2, -0.15) is 0 Å². The van der Waals surface area contributed by atoms with Crippen molar-refractivity contribution in [3.63, 3.8) is 0 Å². The fraction of sp³-hybridized carbons (Fsp3) is 0.235. The number of carbonyl (C=O) groups excluding carboxylic acids is 1. The number of carbonyl (C=O) groups is 1. The van der Waals surface area contributed by atoms with Gasteiger partial charge in [0.05, 0.1) is 22.1 Å². The number of rotatable bonds is 1. The van der Waals surface area contributed by atoms with Gasteiger partial charge < -0.3 is 10.2 Å². The Morgan fingerprint density at radius 1 is 0.909 bits per heavy atom. The van der Waals surface area contributed by atoms with E-state index in [0.717, 1.165) is 48.2 Å². The zero-order valence-electron chi connectivity index (χ0n) is 12.1. The molecule has 2 aromatic carbocycles. The maximum atomic E-state index is 12.6. The molecule has 5 heteroatoms. The summed E-state index contributed by atoms with van der Waals surface area (Å²) < 4.78 is 0. The van der Waals surface area contributed by atoms with Crippen molar-refractivity contribution < 1.29 is 4.79 Å². The minimum Gasteiger partial charge on any atom is -0.336 e. The Morgan fingerprint density at radius 2 is 1.55 bits per heavy atom. The lowest BCUT2D eigenvalue weighted by molar-refractivity contribution is 0.0736. The molecule has 1 saturated heterocycles. The molecule has 0 spiro atoms. The lowest BCUT2D eigenvalue weighted by Crippen LogP contribution is -2.46. The van der Waals surface area contributed by atoms with Crippen LogP contribution in [0.3, 0.4) is 0 Å². The predicted molar refractivity (Wildman–Crippen MR) is 85.8 cm³/mol. The first kappa shape index (κ1) is 13.2. The molecule has 110 valence electrons. The second-order valence-electron chi connectivity index (χ2n) is 5.46. The minimum atomic E-state index is 0.0679. The molecule has 4 rings (SSSR count). The monoisotopic (exact) mass is 292 g/mol. The average Bonchev–Trinajstić information content (AvgIpc) is 2.59. The van der Waals surface area contributed by atoms with Crippen LogP contribution in [0.2, 0.25) is 0 Å². The van der Waals surface area contributed by atoms with E-state index < -0.39 is 0 Å². The quantitative estimate of drug-likeness (QED) is 0.695. The summed E-state index contributed by atoms with van der Waals surface area (Å²) in [5.41, 5.74) is 3.98. The summed E-state index contributed by atoms with van der Waals surface area (Å²) in [4.78, 5) is 23.7. The third-order valence-corrected chi connectivity index (χ3v) is 3.99. The SMILES string of the molecule is O=C(c1ccc2nc3ccccc3nc2c1)N1CCNCC1. The molecule has 1 N–H and O–H groups in total. The molecule has 1 fully saturated rings. The Bertz CT molecular complexity index is 856. The van der Waals surface area contributed by atoms with Gasteiger partial charge in [-0.25, -0.2) is 9.97 Å². The first-order valence-corrected chi connectivity index (χ1v) is 7.48. The molecule has 1 aromatic heterocycles. The number of para-hydroxylation sites is 2. The molecular formula is C17H16N4O. The Hall–Kier alpha value is -2.53. The van der Waals surface area contributed by atoms with E-state index in [9.17, 15) is 4.79 Å². The number of amides is 1. The predicted octanol–water partition coefficient (Wildman–Crippen LogP) is 1.83. The van der Waals surface area contributed by atoms with E-state index in [0.29, 0.717) is 5.56 Å². The Morgan fingerprint density at radius 3 is 2.27 bits per heavy atom. The van der Waals surface area contributed by atoms with Gasteiger partial charge >= 0.3 is 0 Å². The van der Waals surface area contributed by atoms with Crippen molar-refractivity contribution in [3.8, 4) is 0 Å². The lowest BCUT2D eigenvalue weighted by Gasteiger charge is -2.27. The van der Waals surface area contributed by atoms with Crippen LogP contribution in [0.5, 0.6) is 0 Å². The van der Waals surface area contributed by atoms with E-state index in [-0.39, 0.29) is 5.91 Å². The van der Waals surface area contributed by atoms with Gasteiger partial charge in [-0.15, -0.1) is 0 Å². The first-order chi connectivity index (χ1) is 10.8. The van der Waals surface area contributed by atoms with Gasteiger partial charge in [0.2, 0.25) is 0 Å².